The first-order valence-corrected chi connectivity index (χ1v) is 15.8. The van der Waals surface area contributed by atoms with E-state index in [1.165, 1.54) is 122 Å². The first kappa shape index (κ1) is 33.9. The molecule has 0 heterocycles. The predicted octanol–water partition coefficient (Wildman–Crippen LogP) is 9.27. The third-order valence-corrected chi connectivity index (χ3v) is 7.31. The number of ether oxygens (including phenoxy) is 1. The smallest absolute Gasteiger partial charge is 0.328 e. The lowest BCUT2D eigenvalue weighted by atomic mass is 10.0. The molecule has 1 aromatic rings. The molecule has 1 atom stereocenters. The summed E-state index contributed by atoms with van der Waals surface area (Å²) in [6, 6.07) is 8.98. The third kappa shape index (κ3) is 19.9. The van der Waals surface area contributed by atoms with E-state index in [1.54, 1.807) is 0 Å². The van der Waals surface area contributed by atoms with Gasteiger partial charge in [-0.1, -0.05) is 166 Å². The van der Waals surface area contributed by atoms with E-state index in [-0.39, 0.29) is 11.9 Å². The Bertz CT molecular complexity index is 703. The maximum Gasteiger partial charge on any atom is 0.328 e. The molecular formula is C34H57NO3. The second-order valence-corrected chi connectivity index (χ2v) is 10.8. The highest BCUT2D eigenvalue weighted by molar-refractivity contribution is 5.91. The number of rotatable bonds is 26. The first-order valence-electron chi connectivity index (χ1n) is 15.8. The monoisotopic (exact) mass is 527 g/mol. The standard InChI is InChI=1S/C34H57NO3/c1-3-5-6-7-8-9-10-11-12-13-14-15-16-17-18-19-20-21-22-26-29-38-34(37)32(35-33(36)4-2)30-31-27-24-23-25-28-31/h4,23-25,27-28,32H,2-3,5-22,26,29-30H2,1H3,(H,35,36)/t32-/m0/s1. The van der Waals surface area contributed by atoms with Crippen molar-refractivity contribution in [2.75, 3.05) is 6.61 Å². The lowest BCUT2D eigenvalue weighted by molar-refractivity contribution is -0.147. The molecule has 0 saturated heterocycles. The molecule has 216 valence electrons. The Morgan fingerprint density at radius 1 is 0.711 bits per heavy atom. The fourth-order valence-corrected chi connectivity index (χ4v) is 4.90. The van der Waals surface area contributed by atoms with Gasteiger partial charge in [0.2, 0.25) is 5.91 Å². The minimum Gasteiger partial charge on any atom is -0.464 e. The van der Waals surface area contributed by atoms with Crippen LogP contribution in [0.2, 0.25) is 0 Å². The summed E-state index contributed by atoms with van der Waals surface area (Å²) in [6.07, 6.45) is 28.5. The van der Waals surface area contributed by atoms with Crippen molar-refractivity contribution in [2.24, 2.45) is 0 Å². The molecule has 1 N–H and O–H groups in total. The van der Waals surface area contributed by atoms with E-state index < -0.39 is 6.04 Å². The summed E-state index contributed by atoms with van der Waals surface area (Å²) in [5, 5.41) is 2.70. The van der Waals surface area contributed by atoms with Gasteiger partial charge in [0.1, 0.15) is 6.04 Å². The Morgan fingerprint density at radius 2 is 1.13 bits per heavy atom. The molecule has 0 aromatic heterocycles. The predicted molar refractivity (Wildman–Crippen MR) is 161 cm³/mol. The van der Waals surface area contributed by atoms with Gasteiger partial charge in [-0.15, -0.1) is 0 Å². The van der Waals surface area contributed by atoms with E-state index in [4.69, 9.17) is 4.74 Å². The number of hydrogen-bond donors (Lipinski definition) is 1. The van der Waals surface area contributed by atoms with Crippen LogP contribution < -0.4 is 5.32 Å². The molecule has 1 aromatic carbocycles. The van der Waals surface area contributed by atoms with Crippen molar-refractivity contribution in [3.05, 3.63) is 48.6 Å². The van der Waals surface area contributed by atoms with Gasteiger partial charge in [-0.3, -0.25) is 4.79 Å². The Kier molecular flexibility index (Phi) is 22.5. The molecule has 4 nitrogen and oxygen atoms in total. The summed E-state index contributed by atoms with van der Waals surface area (Å²) in [5.74, 6) is -0.733. The summed E-state index contributed by atoms with van der Waals surface area (Å²) >= 11 is 0. The fraction of sp³-hybridized carbons (Fsp3) is 0.706. The Labute approximate surface area is 234 Å². The molecule has 0 saturated carbocycles. The fourth-order valence-electron chi connectivity index (χ4n) is 4.90. The van der Waals surface area contributed by atoms with Gasteiger partial charge in [0.25, 0.3) is 0 Å². The zero-order valence-electron chi connectivity index (χ0n) is 24.5. The average Bonchev–Trinajstić information content (AvgIpc) is 2.93. The molecule has 0 spiro atoms. The van der Waals surface area contributed by atoms with Crippen LogP contribution in [-0.4, -0.2) is 24.5 Å². The van der Waals surface area contributed by atoms with Crippen LogP contribution in [0.5, 0.6) is 0 Å². The highest BCUT2D eigenvalue weighted by Gasteiger charge is 2.21. The molecule has 0 unspecified atom stereocenters. The number of nitrogens with one attached hydrogen (secondary N) is 1. The van der Waals surface area contributed by atoms with Gasteiger partial charge in [0.15, 0.2) is 0 Å². The van der Waals surface area contributed by atoms with Crippen LogP contribution in [0.25, 0.3) is 0 Å². The van der Waals surface area contributed by atoms with E-state index >= 15 is 0 Å². The van der Waals surface area contributed by atoms with Crippen molar-refractivity contribution < 1.29 is 14.3 Å². The molecule has 0 aliphatic heterocycles. The number of carbonyl (C=O) groups excluding carboxylic acids is 2. The number of hydrogen-bond acceptors (Lipinski definition) is 3. The van der Waals surface area contributed by atoms with Gasteiger partial charge >= 0.3 is 5.97 Å². The summed E-state index contributed by atoms with van der Waals surface area (Å²) < 4.78 is 5.47. The van der Waals surface area contributed by atoms with Gasteiger partial charge in [0.05, 0.1) is 6.61 Å². The Balaban J connectivity index is 1.92. The molecule has 38 heavy (non-hydrogen) atoms. The number of amides is 1. The minimum atomic E-state index is -0.687. The zero-order chi connectivity index (χ0) is 27.5. The second kappa shape index (κ2) is 25.2. The van der Waals surface area contributed by atoms with Crippen molar-refractivity contribution in [1.29, 1.82) is 0 Å². The summed E-state index contributed by atoms with van der Waals surface area (Å²) in [5.41, 5.74) is 0.984. The maximum atomic E-state index is 12.5. The SMILES string of the molecule is C=CC(=O)N[C@@H](Cc1ccccc1)C(=O)OCCCCCCCCCCCCCCCCCCCCCC. The largest absolute Gasteiger partial charge is 0.464 e. The van der Waals surface area contributed by atoms with Crippen molar-refractivity contribution >= 4 is 11.9 Å². The van der Waals surface area contributed by atoms with E-state index in [2.05, 4.69) is 18.8 Å². The highest BCUT2D eigenvalue weighted by atomic mass is 16.5. The number of esters is 1. The van der Waals surface area contributed by atoms with Gasteiger partial charge in [-0.2, -0.15) is 0 Å². The first-order chi connectivity index (χ1) is 18.7. The van der Waals surface area contributed by atoms with Crippen molar-refractivity contribution in [3.63, 3.8) is 0 Å². The van der Waals surface area contributed by atoms with E-state index in [1.807, 2.05) is 30.3 Å². The number of unbranched alkanes of at least 4 members (excludes halogenated alkanes) is 19. The Morgan fingerprint density at radius 3 is 1.55 bits per heavy atom. The van der Waals surface area contributed by atoms with Crippen LogP contribution in [0.1, 0.15) is 141 Å². The molecular weight excluding hydrogens is 470 g/mol. The third-order valence-electron chi connectivity index (χ3n) is 7.31. The number of carbonyl (C=O) groups is 2. The molecule has 0 fully saturated rings. The average molecular weight is 528 g/mol. The van der Waals surface area contributed by atoms with Gasteiger partial charge in [0, 0.05) is 6.42 Å². The topological polar surface area (TPSA) is 55.4 Å². The second-order valence-electron chi connectivity index (χ2n) is 10.8. The van der Waals surface area contributed by atoms with Crippen molar-refractivity contribution in [3.8, 4) is 0 Å². The van der Waals surface area contributed by atoms with Crippen LogP contribution in [0.15, 0.2) is 43.0 Å². The molecule has 0 aliphatic carbocycles. The number of benzene rings is 1. The molecule has 0 aliphatic rings. The van der Waals surface area contributed by atoms with Crippen molar-refractivity contribution in [1.82, 2.24) is 5.32 Å². The quantitative estimate of drug-likeness (QED) is 0.0742. The van der Waals surface area contributed by atoms with Crippen LogP contribution >= 0.6 is 0 Å². The normalized spacial score (nSPS) is 11.7. The van der Waals surface area contributed by atoms with Crippen LogP contribution in [0.3, 0.4) is 0 Å². The minimum absolute atomic E-state index is 0.360. The molecule has 0 bridgehead atoms. The highest BCUT2D eigenvalue weighted by Crippen LogP contribution is 2.15. The van der Waals surface area contributed by atoms with E-state index in [0.717, 1.165) is 18.4 Å². The maximum absolute atomic E-state index is 12.5. The van der Waals surface area contributed by atoms with Gasteiger partial charge in [-0.05, 0) is 18.1 Å². The van der Waals surface area contributed by atoms with Crippen LogP contribution in [0.4, 0.5) is 0 Å². The molecule has 4 heteroatoms. The van der Waals surface area contributed by atoms with Crippen molar-refractivity contribution in [2.45, 2.75) is 148 Å². The van der Waals surface area contributed by atoms with Crippen LogP contribution in [-0.2, 0) is 20.7 Å². The summed E-state index contributed by atoms with van der Waals surface area (Å²) in [7, 11) is 0. The lowest BCUT2D eigenvalue weighted by Crippen LogP contribution is -2.42. The molecule has 1 amide bonds. The lowest BCUT2D eigenvalue weighted by Gasteiger charge is -2.17. The zero-order valence-corrected chi connectivity index (χ0v) is 24.5. The van der Waals surface area contributed by atoms with Gasteiger partial charge < -0.3 is 10.1 Å². The Hall–Kier alpha value is -2.10. The molecule has 0 radical (unpaired) electrons. The molecule has 1 rings (SSSR count). The summed E-state index contributed by atoms with van der Waals surface area (Å²) in [6.45, 7) is 6.17. The van der Waals surface area contributed by atoms with E-state index in [0.29, 0.717) is 13.0 Å². The van der Waals surface area contributed by atoms with Gasteiger partial charge in [-0.25, -0.2) is 4.79 Å². The van der Waals surface area contributed by atoms with E-state index in [9.17, 15) is 9.59 Å². The van der Waals surface area contributed by atoms with Crippen LogP contribution in [0, 0.1) is 0 Å². The summed E-state index contributed by atoms with van der Waals surface area (Å²) in [4.78, 5) is 24.3.